The summed E-state index contributed by atoms with van der Waals surface area (Å²) in [7, 11) is 3.20. The first-order valence-electron chi connectivity index (χ1n) is 6.19. The van der Waals surface area contributed by atoms with Crippen LogP contribution >= 0.6 is 0 Å². The minimum Gasteiger partial charge on any atom is -0.478 e. The van der Waals surface area contributed by atoms with E-state index in [4.69, 9.17) is 5.11 Å². The van der Waals surface area contributed by atoms with Gasteiger partial charge in [0.25, 0.3) is 5.91 Å². The second-order valence-electron chi connectivity index (χ2n) is 4.61. The zero-order chi connectivity index (χ0) is 16.0. The highest BCUT2D eigenvalue weighted by molar-refractivity contribution is 5.97. The third-order valence-electron chi connectivity index (χ3n) is 2.60. The smallest absolute Gasteiger partial charge is 0.328 e. The Morgan fingerprint density at radius 2 is 2.00 bits per heavy atom. The number of nitrogens with one attached hydrogen (secondary N) is 1. The van der Waals surface area contributed by atoms with Gasteiger partial charge in [-0.25, -0.2) is 4.79 Å². The SMILES string of the molecule is CC(NC(=O)c1cncc(C=CC(=O)O)c1)C(=O)N(C)C. The molecule has 1 heterocycles. The molecule has 0 aliphatic heterocycles. The summed E-state index contributed by atoms with van der Waals surface area (Å²) in [6, 6.07) is 0.833. The summed E-state index contributed by atoms with van der Waals surface area (Å²) >= 11 is 0. The molecule has 0 fully saturated rings. The summed E-state index contributed by atoms with van der Waals surface area (Å²) in [6.45, 7) is 1.59. The maximum absolute atomic E-state index is 12.0. The first-order chi connectivity index (χ1) is 9.81. The van der Waals surface area contributed by atoms with Crippen molar-refractivity contribution in [2.45, 2.75) is 13.0 Å². The lowest BCUT2D eigenvalue weighted by atomic mass is 10.1. The molecule has 0 aliphatic rings. The van der Waals surface area contributed by atoms with E-state index in [2.05, 4.69) is 10.3 Å². The molecule has 21 heavy (non-hydrogen) atoms. The molecule has 0 saturated carbocycles. The van der Waals surface area contributed by atoms with E-state index in [9.17, 15) is 14.4 Å². The Bertz CT molecular complexity index is 581. The van der Waals surface area contributed by atoms with Crippen LogP contribution in [0.2, 0.25) is 0 Å². The zero-order valence-electron chi connectivity index (χ0n) is 12.0. The molecule has 0 bridgehead atoms. The molecular formula is C14H17N3O4. The number of pyridine rings is 1. The lowest BCUT2D eigenvalue weighted by Crippen LogP contribution is -2.44. The first-order valence-corrected chi connectivity index (χ1v) is 6.19. The van der Waals surface area contributed by atoms with Crippen molar-refractivity contribution in [3.05, 3.63) is 35.7 Å². The van der Waals surface area contributed by atoms with E-state index < -0.39 is 17.9 Å². The van der Waals surface area contributed by atoms with Gasteiger partial charge in [0.1, 0.15) is 6.04 Å². The van der Waals surface area contributed by atoms with Crippen molar-refractivity contribution in [2.24, 2.45) is 0 Å². The van der Waals surface area contributed by atoms with Gasteiger partial charge < -0.3 is 15.3 Å². The maximum atomic E-state index is 12.0. The van der Waals surface area contributed by atoms with Gasteiger partial charge >= 0.3 is 5.97 Å². The molecule has 0 aromatic carbocycles. The summed E-state index contributed by atoms with van der Waals surface area (Å²) in [6.07, 6.45) is 5.07. The number of rotatable bonds is 5. The summed E-state index contributed by atoms with van der Waals surface area (Å²) < 4.78 is 0. The van der Waals surface area contributed by atoms with Crippen LogP contribution < -0.4 is 5.32 Å². The molecule has 0 aliphatic carbocycles. The highest BCUT2D eigenvalue weighted by atomic mass is 16.4. The predicted molar refractivity (Wildman–Crippen MR) is 76.5 cm³/mol. The normalized spacial score (nSPS) is 12.0. The number of aromatic nitrogens is 1. The number of nitrogens with zero attached hydrogens (tertiary/aromatic N) is 2. The van der Waals surface area contributed by atoms with E-state index >= 15 is 0 Å². The number of carbonyl (C=O) groups is 3. The Morgan fingerprint density at radius 1 is 1.33 bits per heavy atom. The Kier molecular flexibility index (Phi) is 5.59. The first kappa shape index (κ1) is 16.4. The van der Waals surface area contributed by atoms with E-state index in [-0.39, 0.29) is 11.5 Å². The molecule has 112 valence electrons. The number of carbonyl (C=O) groups excluding carboxylic acids is 2. The van der Waals surface area contributed by atoms with E-state index in [0.29, 0.717) is 5.56 Å². The van der Waals surface area contributed by atoms with Crippen LogP contribution in [-0.4, -0.2) is 52.9 Å². The summed E-state index contributed by atoms with van der Waals surface area (Å²) in [5, 5.41) is 11.1. The van der Waals surface area contributed by atoms with Crippen molar-refractivity contribution < 1.29 is 19.5 Å². The number of likely N-dealkylation sites (N-methyl/N-ethyl adjacent to an activating group) is 1. The van der Waals surface area contributed by atoms with Crippen LogP contribution in [0.5, 0.6) is 0 Å². The molecule has 0 radical (unpaired) electrons. The zero-order valence-corrected chi connectivity index (χ0v) is 12.0. The number of amides is 2. The molecule has 1 aromatic heterocycles. The molecule has 1 rings (SSSR count). The standard InChI is InChI=1S/C14H17N3O4/c1-9(14(21)17(2)3)16-13(20)11-6-10(7-15-8-11)4-5-12(18)19/h4-9H,1-3H3,(H,16,20)(H,18,19). The second-order valence-corrected chi connectivity index (χ2v) is 4.61. The molecule has 0 spiro atoms. The van der Waals surface area contributed by atoms with Gasteiger partial charge in [0.15, 0.2) is 0 Å². The monoisotopic (exact) mass is 291 g/mol. The second kappa shape index (κ2) is 7.18. The van der Waals surface area contributed by atoms with E-state index in [1.54, 1.807) is 21.0 Å². The van der Waals surface area contributed by atoms with Crippen molar-refractivity contribution in [3.8, 4) is 0 Å². The summed E-state index contributed by atoms with van der Waals surface area (Å²) in [4.78, 5) is 39.4. The van der Waals surface area contributed by atoms with Crippen LogP contribution in [0.4, 0.5) is 0 Å². The fourth-order valence-electron chi connectivity index (χ4n) is 1.57. The number of carboxylic acid groups (broad SMARTS) is 1. The molecule has 7 nitrogen and oxygen atoms in total. The number of hydrogen-bond acceptors (Lipinski definition) is 4. The molecule has 1 atom stereocenters. The van der Waals surface area contributed by atoms with Gasteiger partial charge in [0.05, 0.1) is 5.56 Å². The van der Waals surface area contributed by atoms with Crippen molar-refractivity contribution in [3.63, 3.8) is 0 Å². The molecular weight excluding hydrogens is 274 g/mol. The van der Waals surface area contributed by atoms with Gasteiger partial charge in [0.2, 0.25) is 5.91 Å². The fraction of sp³-hybridized carbons (Fsp3) is 0.286. The van der Waals surface area contributed by atoms with Gasteiger partial charge in [-0.1, -0.05) is 0 Å². The average Bonchev–Trinajstić information content (AvgIpc) is 2.44. The van der Waals surface area contributed by atoms with E-state index in [0.717, 1.165) is 6.08 Å². The third kappa shape index (κ3) is 5.06. The average molecular weight is 291 g/mol. The van der Waals surface area contributed by atoms with Crippen LogP contribution in [0, 0.1) is 0 Å². The Morgan fingerprint density at radius 3 is 2.57 bits per heavy atom. The third-order valence-corrected chi connectivity index (χ3v) is 2.60. The van der Waals surface area contributed by atoms with E-state index in [1.807, 2.05) is 0 Å². The van der Waals surface area contributed by atoms with Crippen LogP contribution in [0.25, 0.3) is 6.08 Å². The van der Waals surface area contributed by atoms with Crippen molar-refractivity contribution >= 4 is 23.9 Å². The molecule has 2 amide bonds. The van der Waals surface area contributed by atoms with Crippen LogP contribution in [-0.2, 0) is 9.59 Å². The van der Waals surface area contributed by atoms with Crippen molar-refractivity contribution in [2.75, 3.05) is 14.1 Å². The quantitative estimate of drug-likeness (QED) is 0.764. The van der Waals surface area contributed by atoms with Crippen LogP contribution in [0.15, 0.2) is 24.5 Å². The molecule has 7 heteroatoms. The maximum Gasteiger partial charge on any atom is 0.328 e. The van der Waals surface area contributed by atoms with Crippen LogP contribution in [0.3, 0.4) is 0 Å². The molecule has 1 aromatic rings. The van der Waals surface area contributed by atoms with Gasteiger partial charge in [0, 0.05) is 32.6 Å². The van der Waals surface area contributed by atoms with Gasteiger partial charge in [-0.2, -0.15) is 0 Å². The minimum atomic E-state index is -1.09. The number of hydrogen-bond donors (Lipinski definition) is 2. The van der Waals surface area contributed by atoms with Gasteiger partial charge in [-0.3, -0.25) is 14.6 Å². The largest absolute Gasteiger partial charge is 0.478 e. The molecule has 2 N–H and O–H groups in total. The minimum absolute atomic E-state index is 0.224. The Hall–Kier alpha value is -2.70. The fourth-order valence-corrected chi connectivity index (χ4v) is 1.57. The number of carboxylic acids is 1. The van der Waals surface area contributed by atoms with Crippen molar-refractivity contribution in [1.29, 1.82) is 0 Å². The van der Waals surface area contributed by atoms with Crippen molar-refractivity contribution in [1.82, 2.24) is 15.2 Å². The van der Waals surface area contributed by atoms with Gasteiger partial charge in [-0.15, -0.1) is 0 Å². The highest BCUT2D eigenvalue weighted by Gasteiger charge is 2.18. The lowest BCUT2D eigenvalue weighted by Gasteiger charge is -2.17. The van der Waals surface area contributed by atoms with Gasteiger partial charge in [-0.05, 0) is 24.6 Å². The van der Waals surface area contributed by atoms with Crippen LogP contribution in [0.1, 0.15) is 22.8 Å². The molecule has 0 saturated heterocycles. The van der Waals surface area contributed by atoms with E-state index in [1.165, 1.54) is 29.4 Å². The lowest BCUT2D eigenvalue weighted by molar-refractivity contribution is -0.131. The summed E-state index contributed by atoms with van der Waals surface area (Å²) in [5.74, 6) is -1.76. The summed E-state index contributed by atoms with van der Waals surface area (Å²) in [5.41, 5.74) is 0.734. The highest BCUT2D eigenvalue weighted by Crippen LogP contribution is 2.05. The Labute approximate surface area is 122 Å². The Balaban J connectivity index is 2.81. The predicted octanol–water partition coefficient (Wildman–Crippen LogP) is 0.386. The number of aliphatic carboxylic acids is 1. The molecule has 1 unspecified atom stereocenters. The topological polar surface area (TPSA) is 99.6 Å².